The Kier molecular flexibility index (Phi) is 6.18. The third-order valence-electron chi connectivity index (χ3n) is 3.67. The van der Waals surface area contributed by atoms with Crippen molar-refractivity contribution in [3.05, 3.63) is 29.8 Å². The number of nitrogens with one attached hydrogen (secondary N) is 1. The van der Waals surface area contributed by atoms with E-state index in [0.29, 0.717) is 6.10 Å². The summed E-state index contributed by atoms with van der Waals surface area (Å²) in [5.41, 5.74) is 1.28. The van der Waals surface area contributed by atoms with Crippen LogP contribution in [0.5, 0.6) is 5.75 Å². The maximum Gasteiger partial charge on any atom is 0.118 e. The molecule has 0 aromatic heterocycles. The highest BCUT2D eigenvalue weighted by molar-refractivity contribution is 5.26. The van der Waals surface area contributed by atoms with E-state index in [9.17, 15) is 0 Å². The summed E-state index contributed by atoms with van der Waals surface area (Å²) in [5.74, 6) is 0.907. The topological polar surface area (TPSA) is 30.5 Å². The highest BCUT2D eigenvalue weighted by Gasteiger charge is 2.12. The van der Waals surface area contributed by atoms with Gasteiger partial charge in [0, 0.05) is 13.1 Å². The van der Waals surface area contributed by atoms with Gasteiger partial charge in [0.05, 0.1) is 19.8 Å². The van der Waals surface area contributed by atoms with E-state index in [1.165, 1.54) is 37.7 Å². The summed E-state index contributed by atoms with van der Waals surface area (Å²) < 4.78 is 11.0. The number of benzene rings is 1. The number of hydrogen-bond donors (Lipinski definition) is 1. The van der Waals surface area contributed by atoms with E-state index in [2.05, 4.69) is 17.4 Å². The largest absolute Gasteiger partial charge is 0.497 e. The van der Waals surface area contributed by atoms with Crippen LogP contribution in [0, 0.1) is 0 Å². The molecule has 0 spiro atoms. The van der Waals surface area contributed by atoms with E-state index < -0.39 is 0 Å². The second-order valence-electron chi connectivity index (χ2n) is 5.16. The highest BCUT2D eigenvalue weighted by Crippen LogP contribution is 2.19. The maximum atomic E-state index is 5.87. The molecule has 0 heterocycles. The molecule has 1 aliphatic carbocycles. The quantitative estimate of drug-likeness (QED) is 0.767. The number of methoxy groups -OCH3 is 1. The minimum absolute atomic E-state index is 0.511. The summed E-state index contributed by atoms with van der Waals surface area (Å²) in [6.45, 7) is 2.63. The molecule has 0 bridgehead atoms. The van der Waals surface area contributed by atoms with Crippen LogP contribution in [0.4, 0.5) is 0 Å². The van der Waals surface area contributed by atoms with Crippen molar-refractivity contribution in [3.63, 3.8) is 0 Å². The molecule has 0 unspecified atom stereocenters. The number of hydrogen-bond acceptors (Lipinski definition) is 3. The number of rotatable bonds is 7. The lowest BCUT2D eigenvalue weighted by molar-refractivity contribution is 0.0302. The molecule has 1 fully saturated rings. The molecular formula is C16H25NO2. The molecule has 1 aromatic carbocycles. The van der Waals surface area contributed by atoms with Gasteiger partial charge in [-0.25, -0.2) is 0 Å². The van der Waals surface area contributed by atoms with Crippen molar-refractivity contribution in [2.24, 2.45) is 0 Å². The number of ether oxygens (including phenoxy) is 2. The van der Waals surface area contributed by atoms with Crippen LogP contribution in [0.2, 0.25) is 0 Å². The molecule has 2 rings (SSSR count). The average molecular weight is 263 g/mol. The van der Waals surface area contributed by atoms with E-state index in [1.807, 2.05) is 12.1 Å². The summed E-state index contributed by atoms with van der Waals surface area (Å²) in [4.78, 5) is 0. The molecule has 0 amide bonds. The van der Waals surface area contributed by atoms with Crippen molar-refractivity contribution in [1.29, 1.82) is 0 Å². The lowest BCUT2D eigenvalue weighted by Gasteiger charge is -2.22. The first kappa shape index (κ1) is 14.4. The summed E-state index contributed by atoms with van der Waals surface area (Å²) in [6.07, 6.45) is 7.07. The van der Waals surface area contributed by atoms with Crippen LogP contribution in [0.15, 0.2) is 24.3 Å². The van der Waals surface area contributed by atoms with Crippen LogP contribution in [0.1, 0.15) is 37.7 Å². The minimum Gasteiger partial charge on any atom is -0.497 e. The van der Waals surface area contributed by atoms with Gasteiger partial charge < -0.3 is 14.8 Å². The standard InChI is InChI=1S/C16H25NO2/c1-18-15-9-7-14(8-10-15)13-17-11-12-19-16-5-3-2-4-6-16/h7-10,16-17H,2-6,11-13H2,1H3. The van der Waals surface area contributed by atoms with Gasteiger partial charge in [0.15, 0.2) is 0 Å². The third-order valence-corrected chi connectivity index (χ3v) is 3.67. The zero-order valence-corrected chi connectivity index (χ0v) is 11.9. The zero-order chi connectivity index (χ0) is 13.3. The zero-order valence-electron chi connectivity index (χ0n) is 11.9. The van der Waals surface area contributed by atoms with Crippen LogP contribution < -0.4 is 10.1 Å². The van der Waals surface area contributed by atoms with E-state index in [4.69, 9.17) is 9.47 Å². The Hall–Kier alpha value is -1.06. The molecule has 1 saturated carbocycles. The Morgan fingerprint density at radius 3 is 2.53 bits per heavy atom. The van der Waals surface area contributed by atoms with Gasteiger partial charge in [0.25, 0.3) is 0 Å². The fraction of sp³-hybridized carbons (Fsp3) is 0.625. The average Bonchev–Trinajstić information content (AvgIpc) is 2.49. The Balaban J connectivity index is 1.55. The molecule has 106 valence electrons. The normalized spacial score (nSPS) is 16.5. The smallest absolute Gasteiger partial charge is 0.118 e. The Bertz CT molecular complexity index is 344. The first-order valence-corrected chi connectivity index (χ1v) is 7.34. The molecule has 1 N–H and O–H groups in total. The fourth-order valence-corrected chi connectivity index (χ4v) is 2.51. The molecule has 1 aromatic rings. The SMILES string of the molecule is COc1ccc(CNCCOC2CCCCC2)cc1. The van der Waals surface area contributed by atoms with Crippen molar-refractivity contribution in [2.45, 2.75) is 44.8 Å². The van der Waals surface area contributed by atoms with Gasteiger partial charge in [-0.05, 0) is 30.5 Å². The van der Waals surface area contributed by atoms with Crippen LogP contribution in [-0.2, 0) is 11.3 Å². The van der Waals surface area contributed by atoms with E-state index in [0.717, 1.165) is 25.4 Å². The Morgan fingerprint density at radius 1 is 1.11 bits per heavy atom. The first-order chi connectivity index (χ1) is 9.38. The highest BCUT2D eigenvalue weighted by atomic mass is 16.5. The molecule has 19 heavy (non-hydrogen) atoms. The summed E-state index contributed by atoms with van der Waals surface area (Å²) in [5, 5.41) is 3.41. The molecule has 0 saturated heterocycles. The molecule has 0 radical (unpaired) electrons. The van der Waals surface area contributed by atoms with Crippen LogP contribution in [0.25, 0.3) is 0 Å². The Morgan fingerprint density at radius 2 is 1.84 bits per heavy atom. The van der Waals surface area contributed by atoms with Crippen molar-refractivity contribution in [1.82, 2.24) is 5.32 Å². The van der Waals surface area contributed by atoms with Crippen LogP contribution >= 0.6 is 0 Å². The van der Waals surface area contributed by atoms with E-state index >= 15 is 0 Å². The summed E-state index contributed by atoms with van der Waals surface area (Å²) in [6, 6.07) is 8.17. The second kappa shape index (κ2) is 8.18. The van der Waals surface area contributed by atoms with Crippen molar-refractivity contribution >= 4 is 0 Å². The van der Waals surface area contributed by atoms with Gasteiger partial charge in [0.1, 0.15) is 5.75 Å². The van der Waals surface area contributed by atoms with Gasteiger partial charge in [-0.15, -0.1) is 0 Å². The fourth-order valence-electron chi connectivity index (χ4n) is 2.51. The second-order valence-corrected chi connectivity index (χ2v) is 5.16. The summed E-state index contributed by atoms with van der Waals surface area (Å²) >= 11 is 0. The first-order valence-electron chi connectivity index (χ1n) is 7.34. The van der Waals surface area contributed by atoms with Gasteiger partial charge in [0.2, 0.25) is 0 Å². The molecular weight excluding hydrogens is 238 g/mol. The maximum absolute atomic E-state index is 5.87. The minimum atomic E-state index is 0.511. The molecule has 1 aliphatic rings. The van der Waals surface area contributed by atoms with Crippen molar-refractivity contribution < 1.29 is 9.47 Å². The van der Waals surface area contributed by atoms with Gasteiger partial charge in [-0.1, -0.05) is 31.4 Å². The molecule has 3 heteroatoms. The van der Waals surface area contributed by atoms with Crippen molar-refractivity contribution in [3.8, 4) is 5.75 Å². The van der Waals surface area contributed by atoms with Gasteiger partial charge in [-0.3, -0.25) is 0 Å². The lowest BCUT2D eigenvalue weighted by atomic mass is 9.98. The summed E-state index contributed by atoms with van der Waals surface area (Å²) in [7, 11) is 1.69. The van der Waals surface area contributed by atoms with Gasteiger partial charge in [-0.2, -0.15) is 0 Å². The molecule has 0 atom stereocenters. The Labute approximate surface area is 116 Å². The van der Waals surface area contributed by atoms with Crippen LogP contribution in [0.3, 0.4) is 0 Å². The predicted molar refractivity (Wildman–Crippen MR) is 77.5 cm³/mol. The van der Waals surface area contributed by atoms with Crippen LogP contribution in [-0.4, -0.2) is 26.4 Å². The predicted octanol–water partition coefficient (Wildman–Crippen LogP) is 3.13. The van der Waals surface area contributed by atoms with Crippen molar-refractivity contribution in [2.75, 3.05) is 20.3 Å². The van der Waals surface area contributed by atoms with E-state index in [-0.39, 0.29) is 0 Å². The van der Waals surface area contributed by atoms with E-state index in [1.54, 1.807) is 7.11 Å². The third kappa shape index (κ3) is 5.21. The lowest BCUT2D eigenvalue weighted by Crippen LogP contribution is -2.24. The molecule has 0 aliphatic heterocycles. The molecule has 3 nitrogen and oxygen atoms in total. The monoisotopic (exact) mass is 263 g/mol. The van der Waals surface area contributed by atoms with Gasteiger partial charge >= 0.3 is 0 Å².